The van der Waals surface area contributed by atoms with Crippen LogP contribution in [0.4, 0.5) is 8.78 Å². The third kappa shape index (κ3) is 4.55. The van der Waals surface area contributed by atoms with Crippen LogP contribution in [-0.2, 0) is 9.53 Å². The van der Waals surface area contributed by atoms with Crippen molar-refractivity contribution < 1.29 is 18.3 Å². The van der Waals surface area contributed by atoms with Crippen LogP contribution in [0.3, 0.4) is 0 Å². The van der Waals surface area contributed by atoms with E-state index in [0.717, 1.165) is 6.54 Å². The van der Waals surface area contributed by atoms with Gasteiger partial charge in [-0.1, -0.05) is 6.92 Å². The molecule has 0 aliphatic carbocycles. The lowest BCUT2D eigenvalue weighted by Gasteiger charge is -2.36. The molecule has 1 aliphatic rings. The van der Waals surface area contributed by atoms with Crippen LogP contribution < -0.4 is 5.32 Å². The molecule has 2 atom stereocenters. The van der Waals surface area contributed by atoms with Gasteiger partial charge in [-0.25, -0.2) is 8.78 Å². The number of nitrogens with zero attached hydrogens (tertiary/aromatic N) is 1. The van der Waals surface area contributed by atoms with Gasteiger partial charge in [0.2, 0.25) is 0 Å². The number of ether oxygens (including phenoxy) is 1. The van der Waals surface area contributed by atoms with Gasteiger partial charge in [0.05, 0.1) is 19.6 Å². The zero-order valence-corrected chi connectivity index (χ0v) is 10.3. The molecule has 4 nitrogen and oxygen atoms in total. The van der Waals surface area contributed by atoms with Gasteiger partial charge in [-0.3, -0.25) is 4.79 Å². The summed E-state index contributed by atoms with van der Waals surface area (Å²) in [5.41, 5.74) is 0. The zero-order valence-electron chi connectivity index (χ0n) is 10.3. The summed E-state index contributed by atoms with van der Waals surface area (Å²) < 4.78 is 29.0. The number of halogens is 2. The second-order valence-corrected chi connectivity index (χ2v) is 4.30. The van der Waals surface area contributed by atoms with E-state index in [4.69, 9.17) is 4.74 Å². The first-order valence-electron chi connectivity index (χ1n) is 5.88. The van der Waals surface area contributed by atoms with Gasteiger partial charge in [-0.15, -0.1) is 0 Å². The number of carbonyl (C=O) groups is 1. The number of methoxy groups -OCH3 is 1. The normalized spacial score (nSPS) is 26.2. The van der Waals surface area contributed by atoms with Crippen molar-refractivity contribution in [2.24, 2.45) is 5.92 Å². The van der Waals surface area contributed by atoms with Crippen molar-refractivity contribution in [3.05, 3.63) is 0 Å². The smallest absolute Gasteiger partial charge is 0.310 e. The second-order valence-electron chi connectivity index (χ2n) is 4.30. The Hall–Kier alpha value is -0.750. The van der Waals surface area contributed by atoms with E-state index >= 15 is 0 Å². The van der Waals surface area contributed by atoms with Crippen molar-refractivity contribution in [1.82, 2.24) is 10.2 Å². The third-order valence-corrected chi connectivity index (χ3v) is 3.07. The Morgan fingerprint density at radius 2 is 2.24 bits per heavy atom. The predicted molar refractivity (Wildman–Crippen MR) is 60.0 cm³/mol. The minimum atomic E-state index is -2.36. The van der Waals surface area contributed by atoms with E-state index in [-0.39, 0.29) is 24.5 Å². The van der Waals surface area contributed by atoms with Crippen molar-refractivity contribution in [3.8, 4) is 0 Å². The fraction of sp³-hybridized carbons (Fsp3) is 0.909. The molecule has 0 aromatic heterocycles. The molecule has 1 fully saturated rings. The summed E-state index contributed by atoms with van der Waals surface area (Å²) in [6.07, 6.45) is -1.79. The fourth-order valence-electron chi connectivity index (χ4n) is 2.19. The van der Waals surface area contributed by atoms with E-state index in [2.05, 4.69) is 10.2 Å². The number of alkyl halides is 2. The third-order valence-electron chi connectivity index (χ3n) is 3.07. The summed E-state index contributed by atoms with van der Waals surface area (Å²) in [4.78, 5) is 13.6. The highest BCUT2D eigenvalue weighted by Crippen LogP contribution is 2.18. The Kier molecular flexibility index (Phi) is 5.77. The summed E-state index contributed by atoms with van der Waals surface area (Å²) >= 11 is 0. The second kappa shape index (κ2) is 6.86. The highest BCUT2D eigenvalue weighted by molar-refractivity contribution is 5.72. The number of piperidine rings is 1. The summed E-state index contributed by atoms with van der Waals surface area (Å²) in [5.74, 6) is -0.476. The van der Waals surface area contributed by atoms with Crippen LogP contribution in [0.1, 0.15) is 13.3 Å². The molecular weight excluding hydrogens is 230 g/mol. The van der Waals surface area contributed by atoms with Gasteiger partial charge < -0.3 is 15.0 Å². The topological polar surface area (TPSA) is 41.6 Å². The number of carbonyl (C=O) groups excluding carboxylic acids is 1. The number of esters is 1. The highest BCUT2D eigenvalue weighted by atomic mass is 19.3. The fourth-order valence-corrected chi connectivity index (χ4v) is 2.19. The lowest BCUT2D eigenvalue weighted by molar-refractivity contribution is -0.147. The highest BCUT2D eigenvalue weighted by Gasteiger charge is 2.31. The van der Waals surface area contributed by atoms with Gasteiger partial charge in [-0.05, 0) is 13.0 Å². The van der Waals surface area contributed by atoms with E-state index in [1.807, 2.05) is 6.92 Å². The standard InChI is InChI=1S/C11H20F2N2O2/c1-3-15-6-8(11(16)17-2)4-9(7-15)14-5-10(12)13/h8-10,14H,3-7H2,1-2H3. The molecule has 0 aromatic carbocycles. The first-order valence-corrected chi connectivity index (χ1v) is 5.88. The summed E-state index contributed by atoms with van der Waals surface area (Å²) in [6.45, 7) is 3.83. The van der Waals surface area contributed by atoms with E-state index in [0.29, 0.717) is 19.5 Å². The molecule has 17 heavy (non-hydrogen) atoms. The quantitative estimate of drug-likeness (QED) is 0.730. The minimum absolute atomic E-state index is 0.0678. The molecule has 0 spiro atoms. The van der Waals surface area contributed by atoms with E-state index in [9.17, 15) is 13.6 Å². The van der Waals surface area contributed by atoms with Crippen LogP contribution in [0, 0.1) is 5.92 Å². The molecule has 1 heterocycles. The Labute approximate surface area is 100 Å². The van der Waals surface area contributed by atoms with E-state index < -0.39 is 6.43 Å². The SMILES string of the molecule is CCN1CC(NCC(F)F)CC(C(=O)OC)C1. The number of nitrogens with one attached hydrogen (secondary N) is 1. The Morgan fingerprint density at radius 1 is 1.53 bits per heavy atom. The molecule has 0 saturated carbocycles. The molecule has 0 radical (unpaired) electrons. The maximum absolute atomic E-state index is 12.1. The summed E-state index contributed by atoms with van der Waals surface area (Å²) in [6, 6.07) is -0.0678. The van der Waals surface area contributed by atoms with E-state index in [1.54, 1.807) is 0 Å². The van der Waals surface area contributed by atoms with Gasteiger partial charge in [0.15, 0.2) is 0 Å². The maximum Gasteiger partial charge on any atom is 0.310 e. The van der Waals surface area contributed by atoms with Gasteiger partial charge in [0.1, 0.15) is 0 Å². The minimum Gasteiger partial charge on any atom is -0.469 e. The number of hydrogen-bond donors (Lipinski definition) is 1. The lowest BCUT2D eigenvalue weighted by Crippen LogP contribution is -2.51. The van der Waals surface area contributed by atoms with Gasteiger partial charge >= 0.3 is 5.97 Å². The van der Waals surface area contributed by atoms with Crippen LogP contribution in [0.2, 0.25) is 0 Å². The largest absolute Gasteiger partial charge is 0.469 e. The number of likely N-dealkylation sites (N-methyl/N-ethyl adjacent to an activating group) is 1. The molecule has 100 valence electrons. The van der Waals surface area contributed by atoms with Gasteiger partial charge in [-0.2, -0.15) is 0 Å². The Bertz CT molecular complexity index is 252. The number of hydrogen-bond acceptors (Lipinski definition) is 4. The molecular formula is C11H20F2N2O2. The molecule has 0 aromatic rings. The molecule has 1 N–H and O–H groups in total. The molecule has 6 heteroatoms. The summed E-state index contributed by atoms with van der Waals surface area (Å²) in [7, 11) is 1.36. The van der Waals surface area contributed by atoms with Gasteiger partial charge in [0, 0.05) is 19.1 Å². The van der Waals surface area contributed by atoms with Crippen LogP contribution in [0.25, 0.3) is 0 Å². The van der Waals surface area contributed by atoms with Crippen LogP contribution in [0.15, 0.2) is 0 Å². The first kappa shape index (κ1) is 14.3. The first-order chi connectivity index (χ1) is 8.06. The Morgan fingerprint density at radius 3 is 2.76 bits per heavy atom. The number of rotatable bonds is 5. The molecule has 1 saturated heterocycles. The average molecular weight is 250 g/mol. The van der Waals surface area contributed by atoms with Crippen LogP contribution in [-0.4, -0.2) is 56.6 Å². The maximum atomic E-state index is 12.1. The van der Waals surface area contributed by atoms with Crippen molar-refractivity contribution in [2.45, 2.75) is 25.8 Å². The molecule has 0 bridgehead atoms. The van der Waals surface area contributed by atoms with Crippen LogP contribution >= 0.6 is 0 Å². The Balaban J connectivity index is 2.51. The van der Waals surface area contributed by atoms with E-state index in [1.165, 1.54) is 7.11 Å². The average Bonchev–Trinajstić information content (AvgIpc) is 2.34. The molecule has 2 unspecified atom stereocenters. The van der Waals surface area contributed by atoms with Crippen molar-refractivity contribution >= 4 is 5.97 Å². The van der Waals surface area contributed by atoms with Crippen molar-refractivity contribution in [1.29, 1.82) is 0 Å². The molecule has 1 rings (SSSR count). The van der Waals surface area contributed by atoms with Gasteiger partial charge in [0.25, 0.3) is 6.43 Å². The van der Waals surface area contributed by atoms with Crippen molar-refractivity contribution in [2.75, 3.05) is 33.3 Å². The monoisotopic (exact) mass is 250 g/mol. The zero-order chi connectivity index (χ0) is 12.8. The molecule has 1 aliphatic heterocycles. The van der Waals surface area contributed by atoms with Crippen molar-refractivity contribution in [3.63, 3.8) is 0 Å². The summed E-state index contributed by atoms with van der Waals surface area (Å²) in [5, 5.41) is 2.79. The number of likely N-dealkylation sites (tertiary alicyclic amines) is 1. The lowest BCUT2D eigenvalue weighted by atomic mass is 9.94. The predicted octanol–water partition coefficient (Wildman–Crippen LogP) is 0.724. The molecule has 0 amide bonds. The van der Waals surface area contributed by atoms with Crippen LogP contribution in [0.5, 0.6) is 0 Å².